The first kappa shape index (κ1) is 14.5. The van der Waals surface area contributed by atoms with Crippen LogP contribution in [0.2, 0.25) is 0 Å². The molecule has 1 aliphatic heterocycles. The molecular weight excluding hydrogens is 218 g/mol. The largest absolute Gasteiger partial charge is 0.481 e. The van der Waals surface area contributed by atoms with Crippen molar-refractivity contribution in [1.29, 1.82) is 0 Å². The van der Waals surface area contributed by atoms with E-state index in [0.717, 1.165) is 45.5 Å². The van der Waals surface area contributed by atoms with Crippen LogP contribution in [0.4, 0.5) is 0 Å². The van der Waals surface area contributed by atoms with Crippen LogP contribution in [0.5, 0.6) is 0 Å². The smallest absolute Gasteiger partial charge is 0.303 e. The molecule has 0 aromatic carbocycles. The fourth-order valence-electron chi connectivity index (χ4n) is 2.06. The van der Waals surface area contributed by atoms with Crippen molar-refractivity contribution in [3.8, 4) is 0 Å². The van der Waals surface area contributed by atoms with E-state index in [9.17, 15) is 4.79 Å². The standard InChI is InChI=1S/C13H25NO3/c1-11(2)6-9-17-12-5-8-14(10-12)7-3-4-13(15)16/h11-12H,3-10H2,1-2H3,(H,15,16). The van der Waals surface area contributed by atoms with Crippen molar-refractivity contribution in [2.24, 2.45) is 5.92 Å². The van der Waals surface area contributed by atoms with Crippen molar-refractivity contribution < 1.29 is 14.6 Å². The summed E-state index contributed by atoms with van der Waals surface area (Å²) in [6.45, 7) is 8.16. The molecule has 0 aromatic heterocycles. The van der Waals surface area contributed by atoms with Gasteiger partial charge in [-0.25, -0.2) is 0 Å². The number of hydrogen-bond donors (Lipinski definition) is 1. The van der Waals surface area contributed by atoms with E-state index in [2.05, 4.69) is 18.7 Å². The Hall–Kier alpha value is -0.610. The molecular formula is C13H25NO3. The Morgan fingerprint density at radius 3 is 2.94 bits per heavy atom. The molecule has 0 bridgehead atoms. The van der Waals surface area contributed by atoms with Crippen LogP contribution in [0, 0.1) is 5.92 Å². The summed E-state index contributed by atoms with van der Waals surface area (Å²) in [5.74, 6) is -0.00277. The maximum absolute atomic E-state index is 10.4. The summed E-state index contributed by atoms with van der Waals surface area (Å²) in [7, 11) is 0. The second-order valence-corrected chi connectivity index (χ2v) is 5.26. The number of hydrogen-bond acceptors (Lipinski definition) is 3. The fourth-order valence-corrected chi connectivity index (χ4v) is 2.06. The third-order valence-electron chi connectivity index (χ3n) is 3.14. The lowest BCUT2D eigenvalue weighted by molar-refractivity contribution is -0.137. The lowest BCUT2D eigenvalue weighted by Gasteiger charge is -2.16. The number of likely N-dealkylation sites (tertiary alicyclic amines) is 1. The van der Waals surface area contributed by atoms with Gasteiger partial charge in [-0.2, -0.15) is 0 Å². The van der Waals surface area contributed by atoms with Gasteiger partial charge in [-0.15, -0.1) is 0 Å². The summed E-state index contributed by atoms with van der Waals surface area (Å²) in [4.78, 5) is 12.7. The van der Waals surface area contributed by atoms with E-state index in [-0.39, 0.29) is 6.42 Å². The molecule has 0 radical (unpaired) electrons. The summed E-state index contributed by atoms with van der Waals surface area (Å²) in [6, 6.07) is 0. The normalized spacial score (nSPS) is 21.2. The molecule has 0 aromatic rings. The summed E-state index contributed by atoms with van der Waals surface area (Å²) < 4.78 is 5.81. The maximum atomic E-state index is 10.4. The van der Waals surface area contributed by atoms with Crippen LogP contribution in [0.3, 0.4) is 0 Å². The van der Waals surface area contributed by atoms with Gasteiger partial charge in [-0.3, -0.25) is 4.79 Å². The number of carbonyl (C=O) groups is 1. The minimum absolute atomic E-state index is 0.273. The third kappa shape index (κ3) is 6.64. The van der Waals surface area contributed by atoms with Crippen molar-refractivity contribution in [2.45, 2.75) is 45.6 Å². The molecule has 0 aliphatic carbocycles. The lowest BCUT2D eigenvalue weighted by atomic mass is 10.1. The molecule has 17 heavy (non-hydrogen) atoms. The molecule has 1 rings (SSSR count). The molecule has 0 spiro atoms. The number of aliphatic carboxylic acids is 1. The van der Waals surface area contributed by atoms with Crippen LogP contribution in [0.1, 0.15) is 39.5 Å². The number of carboxylic acid groups (broad SMARTS) is 1. The van der Waals surface area contributed by atoms with Gasteiger partial charge in [-0.1, -0.05) is 13.8 Å². The van der Waals surface area contributed by atoms with Gasteiger partial charge in [0.15, 0.2) is 0 Å². The molecule has 0 amide bonds. The van der Waals surface area contributed by atoms with Crippen LogP contribution < -0.4 is 0 Å². The van der Waals surface area contributed by atoms with Crippen LogP contribution in [-0.2, 0) is 9.53 Å². The Balaban J connectivity index is 2.04. The molecule has 1 heterocycles. The lowest BCUT2D eigenvalue weighted by Crippen LogP contribution is -2.25. The second-order valence-electron chi connectivity index (χ2n) is 5.26. The molecule has 1 saturated heterocycles. The van der Waals surface area contributed by atoms with E-state index in [1.54, 1.807) is 0 Å². The Morgan fingerprint density at radius 1 is 1.53 bits per heavy atom. The van der Waals surface area contributed by atoms with Crippen LogP contribution in [0.15, 0.2) is 0 Å². The highest BCUT2D eigenvalue weighted by Crippen LogP contribution is 2.14. The van der Waals surface area contributed by atoms with Crippen LogP contribution in [0.25, 0.3) is 0 Å². The third-order valence-corrected chi connectivity index (χ3v) is 3.14. The molecule has 1 unspecified atom stereocenters. The van der Waals surface area contributed by atoms with Crippen molar-refractivity contribution in [3.63, 3.8) is 0 Å². The molecule has 1 fully saturated rings. The van der Waals surface area contributed by atoms with Gasteiger partial charge >= 0.3 is 5.97 Å². The predicted octanol–water partition coefficient (Wildman–Crippen LogP) is 1.99. The van der Waals surface area contributed by atoms with Crippen molar-refractivity contribution in [1.82, 2.24) is 4.90 Å². The average molecular weight is 243 g/mol. The monoisotopic (exact) mass is 243 g/mol. The van der Waals surface area contributed by atoms with Crippen molar-refractivity contribution in [2.75, 3.05) is 26.2 Å². The van der Waals surface area contributed by atoms with Gasteiger partial charge in [-0.05, 0) is 31.7 Å². The average Bonchev–Trinajstić information content (AvgIpc) is 2.65. The second kappa shape index (κ2) is 7.67. The van der Waals surface area contributed by atoms with Crippen molar-refractivity contribution >= 4 is 5.97 Å². The first-order chi connectivity index (χ1) is 8.08. The van der Waals surface area contributed by atoms with Gasteiger partial charge in [0.25, 0.3) is 0 Å². The van der Waals surface area contributed by atoms with Crippen LogP contribution >= 0.6 is 0 Å². The van der Waals surface area contributed by atoms with E-state index in [1.165, 1.54) is 0 Å². The van der Waals surface area contributed by atoms with Gasteiger partial charge in [0, 0.05) is 26.1 Å². The highest BCUT2D eigenvalue weighted by molar-refractivity contribution is 5.66. The van der Waals surface area contributed by atoms with E-state index in [1.807, 2.05) is 0 Å². The molecule has 1 aliphatic rings. The predicted molar refractivity (Wildman–Crippen MR) is 67.1 cm³/mol. The van der Waals surface area contributed by atoms with E-state index in [4.69, 9.17) is 9.84 Å². The summed E-state index contributed by atoms with van der Waals surface area (Å²) in [6.07, 6.45) is 3.59. The zero-order chi connectivity index (χ0) is 12.7. The van der Waals surface area contributed by atoms with E-state index >= 15 is 0 Å². The van der Waals surface area contributed by atoms with Gasteiger partial charge in [0.2, 0.25) is 0 Å². The highest BCUT2D eigenvalue weighted by Gasteiger charge is 2.22. The maximum Gasteiger partial charge on any atom is 0.303 e. The topological polar surface area (TPSA) is 49.8 Å². The zero-order valence-electron chi connectivity index (χ0n) is 11.0. The van der Waals surface area contributed by atoms with Gasteiger partial charge in [0.05, 0.1) is 6.10 Å². The summed E-state index contributed by atoms with van der Waals surface area (Å²) >= 11 is 0. The molecule has 4 nitrogen and oxygen atoms in total. The van der Waals surface area contributed by atoms with E-state index < -0.39 is 5.97 Å². The van der Waals surface area contributed by atoms with Crippen LogP contribution in [-0.4, -0.2) is 48.3 Å². The number of nitrogens with zero attached hydrogens (tertiary/aromatic N) is 1. The zero-order valence-corrected chi connectivity index (χ0v) is 11.0. The Bertz CT molecular complexity index is 231. The molecule has 0 saturated carbocycles. The Kier molecular flexibility index (Phi) is 6.52. The summed E-state index contributed by atoms with van der Waals surface area (Å²) in [5.41, 5.74) is 0. The number of rotatable bonds is 8. The molecule has 100 valence electrons. The fraction of sp³-hybridized carbons (Fsp3) is 0.923. The first-order valence-corrected chi connectivity index (χ1v) is 6.63. The minimum atomic E-state index is -0.700. The Labute approximate surface area is 104 Å². The van der Waals surface area contributed by atoms with Gasteiger partial charge in [0.1, 0.15) is 0 Å². The van der Waals surface area contributed by atoms with Crippen molar-refractivity contribution in [3.05, 3.63) is 0 Å². The molecule has 1 atom stereocenters. The summed E-state index contributed by atoms with van der Waals surface area (Å²) in [5, 5.41) is 8.56. The first-order valence-electron chi connectivity index (χ1n) is 6.63. The minimum Gasteiger partial charge on any atom is -0.481 e. The number of carboxylic acids is 1. The van der Waals surface area contributed by atoms with E-state index in [0.29, 0.717) is 12.0 Å². The Morgan fingerprint density at radius 2 is 2.29 bits per heavy atom. The molecule has 4 heteroatoms. The number of ether oxygens (including phenoxy) is 1. The molecule has 1 N–H and O–H groups in total. The quantitative estimate of drug-likeness (QED) is 0.708. The highest BCUT2D eigenvalue weighted by atomic mass is 16.5. The SMILES string of the molecule is CC(C)CCOC1CCN(CCCC(=O)O)C1. The van der Waals surface area contributed by atoms with Gasteiger partial charge < -0.3 is 14.7 Å².